The first-order valence-corrected chi connectivity index (χ1v) is 4.59. The van der Waals surface area contributed by atoms with Crippen LogP contribution in [0.4, 0.5) is 0 Å². The molecule has 0 aliphatic carbocycles. The molecule has 1 heteroatoms. The Hall–Kier alpha value is -1.89. The lowest BCUT2D eigenvalue weighted by atomic mass is 10.1. The number of aromatic nitrogens is 1. The summed E-state index contributed by atoms with van der Waals surface area (Å²) >= 11 is 0. The number of pyridine rings is 1. The van der Waals surface area contributed by atoms with Gasteiger partial charge in [-0.15, -0.1) is 41.1 Å². The monoisotopic (exact) mass is 178 g/mol. The Labute approximate surface area is 82.0 Å². The van der Waals surface area contributed by atoms with E-state index in [0.29, 0.717) is 0 Å². The van der Waals surface area contributed by atoms with Crippen LogP contribution in [-0.4, -0.2) is 4.98 Å². The lowest BCUT2D eigenvalue weighted by Crippen LogP contribution is -1.78. The van der Waals surface area contributed by atoms with Crippen molar-refractivity contribution < 1.29 is 0 Å². The lowest BCUT2D eigenvalue weighted by molar-refractivity contribution is 1.42. The van der Waals surface area contributed by atoms with Gasteiger partial charge in [0.2, 0.25) is 0 Å². The zero-order valence-corrected chi connectivity index (χ0v) is 7.57. The van der Waals surface area contributed by atoms with Gasteiger partial charge in [0.05, 0.1) is 0 Å². The molecule has 0 saturated carbocycles. The topological polar surface area (TPSA) is 12.9 Å². The maximum Gasteiger partial charge on any atom is 0.0289 e. The minimum Gasteiger partial charge on any atom is -0.266 e. The Morgan fingerprint density at radius 3 is 2.93 bits per heavy atom. The van der Waals surface area contributed by atoms with Crippen LogP contribution in [0.1, 0.15) is 0 Å². The first-order valence-electron chi connectivity index (χ1n) is 4.59. The molecule has 0 saturated heterocycles. The zero-order valence-electron chi connectivity index (χ0n) is 7.57. The van der Waals surface area contributed by atoms with Gasteiger partial charge in [-0.3, -0.25) is 4.98 Å². The Balaban J connectivity index is 2.52. The van der Waals surface area contributed by atoms with Crippen LogP contribution in [0, 0.1) is 6.07 Å². The van der Waals surface area contributed by atoms with E-state index < -0.39 is 0 Å². The molecule has 0 radical (unpaired) electrons. The molecule has 0 bridgehead atoms. The molecule has 3 rings (SSSR count). The summed E-state index contributed by atoms with van der Waals surface area (Å²) in [4.78, 5) is 4.31. The summed E-state index contributed by atoms with van der Waals surface area (Å²) in [6, 6.07) is 17.5. The van der Waals surface area contributed by atoms with Crippen molar-refractivity contribution in [2.75, 3.05) is 0 Å². The third-order valence-corrected chi connectivity index (χ3v) is 2.39. The molecule has 0 spiro atoms. The fourth-order valence-corrected chi connectivity index (χ4v) is 1.69. The van der Waals surface area contributed by atoms with Crippen molar-refractivity contribution in [1.29, 1.82) is 0 Å². The summed E-state index contributed by atoms with van der Waals surface area (Å²) < 4.78 is 0. The normalized spacial score (nSPS) is 10.9. The molecule has 0 fully saturated rings. The van der Waals surface area contributed by atoms with Crippen molar-refractivity contribution in [1.82, 2.24) is 4.98 Å². The Morgan fingerprint density at radius 2 is 1.93 bits per heavy atom. The van der Waals surface area contributed by atoms with Crippen LogP contribution in [-0.2, 0) is 0 Å². The van der Waals surface area contributed by atoms with Gasteiger partial charge in [0.25, 0.3) is 0 Å². The molecule has 1 nitrogen and oxygen atoms in total. The van der Waals surface area contributed by atoms with E-state index in [0.717, 1.165) is 10.9 Å². The molecule has 0 unspecified atom stereocenters. The van der Waals surface area contributed by atoms with E-state index in [9.17, 15) is 0 Å². The third-order valence-electron chi connectivity index (χ3n) is 2.39. The second-order valence-electron chi connectivity index (χ2n) is 3.31. The van der Waals surface area contributed by atoms with E-state index in [-0.39, 0.29) is 0 Å². The van der Waals surface area contributed by atoms with Crippen molar-refractivity contribution in [2.45, 2.75) is 0 Å². The number of benzene rings is 2. The molecule has 14 heavy (non-hydrogen) atoms. The van der Waals surface area contributed by atoms with E-state index in [1.54, 1.807) is 0 Å². The second-order valence-corrected chi connectivity index (χ2v) is 3.31. The summed E-state index contributed by atoms with van der Waals surface area (Å²) in [7, 11) is 0. The number of hydrogen-bond donors (Lipinski definition) is 0. The van der Waals surface area contributed by atoms with Crippen molar-refractivity contribution in [3.63, 3.8) is 0 Å². The molecular weight excluding hydrogens is 170 g/mol. The fraction of sp³-hybridized carbons (Fsp3) is 0. The van der Waals surface area contributed by atoms with Gasteiger partial charge in [0.1, 0.15) is 0 Å². The molecule has 0 N–H and O–H groups in total. The number of rotatable bonds is 0. The molecule has 2 aromatic carbocycles. The predicted octanol–water partition coefficient (Wildman–Crippen LogP) is 3.19. The first-order chi connectivity index (χ1) is 6.93. The first kappa shape index (κ1) is 7.51. The summed E-state index contributed by atoms with van der Waals surface area (Å²) in [6.45, 7) is 0. The highest BCUT2D eigenvalue weighted by Crippen LogP contribution is 2.20. The molecule has 0 amide bonds. The minimum absolute atomic E-state index is 1.03. The van der Waals surface area contributed by atoms with Crippen LogP contribution in [0.15, 0.2) is 48.7 Å². The molecule has 1 heterocycles. The van der Waals surface area contributed by atoms with Gasteiger partial charge in [0.15, 0.2) is 0 Å². The van der Waals surface area contributed by atoms with Crippen molar-refractivity contribution in [2.24, 2.45) is 0 Å². The molecule has 0 aliphatic heterocycles. The van der Waals surface area contributed by atoms with Crippen LogP contribution in [0.5, 0.6) is 0 Å². The smallest absolute Gasteiger partial charge is 0.0289 e. The van der Waals surface area contributed by atoms with E-state index in [1.807, 2.05) is 24.4 Å². The molecule has 0 atom stereocenters. The Morgan fingerprint density at radius 1 is 1.00 bits per heavy atom. The standard InChI is InChI=1S/C13H8N/c1-2-5-11-9-13-12(6-3-7-14-13)8-10(11)4-1/h1-4,6-9H/q-1. The van der Waals surface area contributed by atoms with Gasteiger partial charge in [0, 0.05) is 11.7 Å². The van der Waals surface area contributed by atoms with Gasteiger partial charge < -0.3 is 0 Å². The largest absolute Gasteiger partial charge is 0.266 e. The fourth-order valence-electron chi connectivity index (χ4n) is 1.69. The quantitative estimate of drug-likeness (QED) is 0.380. The molecule has 0 aliphatic rings. The van der Waals surface area contributed by atoms with Crippen LogP contribution in [0.2, 0.25) is 0 Å². The van der Waals surface area contributed by atoms with Crippen LogP contribution in [0.25, 0.3) is 21.7 Å². The number of hydrogen-bond acceptors (Lipinski definition) is 1. The average Bonchev–Trinajstić information content (AvgIpc) is 2.26. The van der Waals surface area contributed by atoms with Gasteiger partial charge in [-0.25, -0.2) is 0 Å². The van der Waals surface area contributed by atoms with E-state index in [4.69, 9.17) is 0 Å². The average molecular weight is 178 g/mol. The summed E-state index contributed by atoms with van der Waals surface area (Å²) in [5.74, 6) is 0. The highest BCUT2D eigenvalue weighted by molar-refractivity contribution is 5.95. The van der Waals surface area contributed by atoms with Gasteiger partial charge in [-0.05, 0) is 11.5 Å². The maximum absolute atomic E-state index is 4.31. The maximum atomic E-state index is 4.31. The summed E-state index contributed by atoms with van der Waals surface area (Å²) in [6.07, 6.45) is 1.82. The van der Waals surface area contributed by atoms with E-state index >= 15 is 0 Å². The highest BCUT2D eigenvalue weighted by Gasteiger charge is 1.90. The SMILES string of the molecule is [c-]1cccc2cc3cccnc3cc12. The van der Waals surface area contributed by atoms with Gasteiger partial charge in [-0.2, -0.15) is 0 Å². The third kappa shape index (κ3) is 1.06. The van der Waals surface area contributed by atoms with Crippen molar-refractivity contribution in [3.8, 4) is 0 Å². The van der Waals surface area contributed by atoms with Crippen molar-refractivity contribution in [3.05, 3.63) is 54.7 Å². The lowest BCUT2D eigenvalue weighted by Gasteiger charge is -2.06. The Kier molecular flexibility index (Phi) is 1.51. The Bertz CT molecular complexity index is 494. The van der Waals surface area contributed by atoms with Gasteiger partial charge >= 0.3 is 0 Å². The second kappa shape index (κ2) is 2.81. The number of nitrogens with zero attached hydrogens (tertiary/aromatic N) is 1. The molecule has 3 aromatic rings. The van der Waals surface area contributed by atoms with Crippen molar-refractivity contribution >= 4 is 21.7 Å². The molecule has 66 valence electrons. The predicted molar refractivity (Wildman–Crippen MR) is 58.1 cm³/mol. The molecule has 1 aromatic heterocycles. The highest BCUT2D eigenvalue weighted by atomic mass is 14.6. The van der Waals surface area contributed by atoms with E-state index in [2.05, 4.69) is 35.3 Å². The van der Waals surface area contributed by atoms with Crippen LogP contribution >= 0.6 is 0 Å². The van der Waals surface area contributed by atoms with Gasteiger partial charge in [-0.1, -0.05) is 12.1 Å². The van der Waals surface area contributed by atoms with Crippen LogP contribution in [0.3, 0.4) is 0 Å². The zero-order chi connectivity index (χ0) is 9.38. The van der Waals surface area contributed by atoms with E-state index in [1.165, 1.54) is 10.8 Å². The summed E-state index contributed by atoms with van der Waals surface area (Å²) in [5.41, 5.74) is 1.03. The van der Waals surface area contributed by atoms with Crippen LogP contribution < -0.4 is 0 Å². The minimum atomic E-state index is 1.03. The molecular formula is C13H8N-. The summed E-state index contributed by atoms with van der Waals surface area (Å²) in [5, 5.41) is 3.52. The number of fused-ring (bicyclic) bond motifs is 2.